The van der Waals surface area contributed by atoms with E-state index in [4.69, 9.17) is 15.2 Å². The molecule has 0 fully saturated rings. The number of carbonyl (C=O) groups excluding carboxylic acids is 2. The van der Waals surface area contributed by atoms with Crippen molar-refractivity contribution < 1.29 is 23.5 Å². The van der Waals surface area contributed by atoms with Crippen LogP contribution in [0.5, 0.6) is 0 Å². The highest BCUT2D eigenvalue weighted by atomic mass is 19.1. The molecule has 6 heteroatoms. The highest BCUT2D eigenvalue weighted by Crippen LogP contribution is 2.25. The molecule has 0 rings (SSSR count). The van der Waals surface area contributed by atoms with Gasteiger partial charge >= 0.3 is 11.9 Å². The summed E-state index contributed by atoms with van der Waals surface area (Å²) >= 11 is 0. The lowest BCUT2D eigenvalue weighted by Gasteiger charge is -2.27. The number of hydrogen-bond donors (Lipinski definition) is 1. The first-order valence-corrected chi connectivity index (χ1v) is 7.67. The van der Waals surface area contributed by atoms with E-state index in [9.17, 15) is 14.0 Å². The van der Waals surface area contributed by atoms with Crippen LogP contribution in [0.2, 0.25) is 0 Å². The molecular formula is C17H30FNO4. The Morgan fingerprint density at radius 3 is 1.78 bits per heavy atom. The fourth-order valence-electron chi connectivity index (χ4n) is 1.72. The highest BCUT2D eigenvalue weighted by molar-refractivity contribution is 5.77. The lowest BCUT2D eigenvalue weighted by atomic mass is 9.91. The predicted octanol–water partition coefficient (Wildman–Crippen LogP) is 3.12. The van der Waals surface area contributed by atoms with E-state index in [1.807, 2.05) is 0 Å². The Morgan fingerprint density at radius 1 is 1.04 bits per heavy atom. The third-order valence-electron chi connectivity index (χ3n) is 2.95. The second-order valence-electron chi connectivity index (χ2n) is 7.70. The summed E-state index contributed by atoms with van der Waals surface area (Å²) in [7, 11) is 0. The van der Waals surface area contributed by atoms with E-state index < -0.39 is 41.3 Å². The van der Waals surface area contributed by atoms with Crippen LogP contribution in [0.4, 0.5) is 4.39 Å². The van der Waals surface area contributed by atoms with Gasteiger partial charge in [0, 0.05) is 0 Å². The minimum absolute atomic E-state index is 0.0764. The molecule has 0 amide bonds. The fourth-order valence-corrected chi connectivity index (χ4v) is 1.72. The molecule has 0 aromatic carbocycles. The largest absolute Gasteiger partial charge is 0.460 e. The van der Waals surface area contributed by atoms with Crippen LogP contribution in [0, 0.1) is 11.8 Å². The van der Waals surface area contributed by atoms with Crippen LogP contribution in [0.1, 0.15) is 54.9 Å². The molecule has 0 heterocycles. The quantitative estimate of drug-likeness (QED) is 0.459. The summed E-state index contributed by atoms with van der Waals surface area (Å²) in [4.78, 5) is 24.1. The van der Waals surface area contributed by atoms with Crippen molar-refractivity contribution in [1.29, 1.82) is 0 Å². The van der Waals surface area contributed by atoms with E-state index in [1.165, 1.54) is 0 Å². The summed E-state index contributed by atoms with van der Waals surface area (Å²) in [5.41, 5.74) is 4.26. The van der Waals surface area contributed by atoms with Crippen LogP contribution in [0.3, 0.4) is 0 Å². The molecule has 0 aliphatic heterocycles. The fraction of sp³-hybridized carbons (Fsp3) is 0.765. The minimum Gasteiger partial charge on any atom is -0.460 e. The van der Waals surface area contributed by atoms with Gasteiger partial charge in [0.15, 0.2) is 6.30 Å². The van der Waals surface area contributed by atoms with E-state index in [0.29, 0.717) is 5.57 Å². The number of rotatable bonds is 6. The van der Waals surface area contributed by atoms with Crippen molar-refractivity contribution in [2.24, 2.45) is 17.6 Å². The number of halogens is 1. The normalized spacial score (nSPS) is 16.2. The SMILES string of the molecule is C=C(CC(C(=O)OC(C)(C)C)C(N)F)C(C)C(=O)OC(C)(C)C. The number of alkyl halides is 1. The summed E-state index contributed by atoms with van der Waals surface area (Å²) in [6, 6.07) is 0. The van der Waals surface area contributed by atoms with E-state index in [1.54, 1.807) is 48.5 Å². The number of esters is 2. The summed E-state index contributed by atoms with van der Waals surface area (Å²) < 4.78 is 24.0. The Labute approximate surface area is 138 Å². The van der Waals surface area contributed by atoms with Gasteiger partial charge < -0.3 is 15.2 Å². The standard InChI is InChI=1S/C17H30FNO4/c1-10(11(2)14(20)22-16(3,4)5)9-12(13(18)19)15(21)23-17(6,7)8/h11-13H,1,9,19H2,2-8H3. The molecule has 0 aromatic rings. The van der Waals surface area contributed by atoms with Gasteiger partial charge in [-0.2, -0.15) is 0 Å². The Bertz CT molecular complexity index is 446. The summed E-state index contributed by atoms with van der Waals surface area (Å²) in [5, 5.41) is 0. The molecule has 0 spiro atoms. The van der Waals surface area contributed by atoms with Crippen LogP contribution in [-0.2, 0) is 19.1 Å². The Hall–Kier alpha value is -1.43. The van der Waals surface area contributed by atoms with Gasteiger partial charge in [0.25, 0.3) is 0 Å². The molecule has 0 aliphatic rings. The van der Waals surface area contributed by atoms with Crippen LogP contribution in [-0.4, -0.2) is 29.4 Å². The highest BCUT2D eigenvalue weighted by Gasteiger charge is 2.33. The van der Waals surface area contributed by atoms with Crippen LogP contribution in [0.15, 0.2) is 12.2 Å². The zero-order valence-corrected chi connectivity index (χ0v) is 15.2. The number of nitrogens with two attached hydrogens (primary N) is 1. The molecule has 3 unspecified atom stereocenters. The molecule has 23 heavy (non-hydrogen) atoms. The van der Waals surface area contributed by atoms with Gasteiger partial charge in [-0.1, -0.05) is 12.2 Å². The van der Waals surface area contributed by atoms with Gasteiger partial charge in [0.2, 0.25) is 0 Å². The maximum atomic E-state index is 13.6. The maximum absolute atomic E-state index is 13.6. The van der Waals surface area contributed by atoms with Crippen molar-refractivity contribution in [3.63, 3.8) is 0 Å². The van der Waals surface area contributed by atoms with Crippen LogP contribution in [0.25, 0.3) is 0 Å². The van der Waals surface area contributed by atoms with Gasteiger partial charge in [0.05, 0.1) is 5.92 Å². The molecule has 0 aromatic heterocycles. The first-order chi connectivity index (χ1) is 10.1. The third kappa shape index (κ3) is 8.69. The van der Waals surface area contributed by atoms with Crippen molar-refractivity contribution in [2.75, 3.05) is 0 Å². The molecule has 0 bridgehead atoms. The molecule has 3 atom stereocenters. The van der Waals surface area contributed by atoms with Crippen molar-refractivity contribution >= 4 is 11.9 Å². The Balaban J connectivity index is 4.92. The lowest BCUT2D eigenvalue weighted by Crippen LogP contribution is -2.38. The van der Waals surface area contributed by atoms with Gasteiger partial charge in [0.1, 0.15) is 17.1 Å². The number of ether oxygens (including phenoxy) is 2. The molecule has 134 valence electrons. The average Bonchev–Trinajstić information content (AvgIpc) is 2.29. The van der Waals surface area contributed by atoms with Crippen molar-refractivity contribution in [3.05, 3.63) is 12.2 Å². The number of hydrogen-bond acceptors (Lipinski definition) is 5. The molecule has 2 N–H and O–H groups in total. The van der Waals surface area contributed by atoms with Gasteiger partial charge in [-0.25, -0.2) is 4.39 Å². The van der Waals surface area contributed by atoms with Crippen LogP contribution < -0.4 is 5.73 Å². The van der Waals surface area contributed by atoms with E-state index in [0.717, 1.165) is 0 Å². The minimum atomic E-state index is -1.90. The summed E-state index contributed by atoms with van der Waals surface area (Å²) in [6.07, 6.45) is -1.97. The number of carbonyl (C=O) groups is 2. The second kappa shape index (κ2) is 7.90. The molecule has 0 aliphatic carbocycles. The summed E-state index contributed by atoms with van der Waals surface area (Å²) in [6.45, 7) is 15.7. The predicted molar refractivity (Wildman–Crippen MR) is 87.2 cm³/mol. The third-order valence-corrected chi connectivity index (χ3v) is 2.95. The Morgan fingerprint density at radius 2 is 1.43 bits per heavy atom. The topological polar surface area (TPSA) is 78.6 Å². The first kappa shape index (κ1) is 21.6. The van der Waals surface area contributed by atoms with E-state index in [-0.39, 0.29) is 6.42 Å². The van der Waals surface area contributed by atoms with Crippen LogP contribution >= 0.6 is 0 Å². The smallest absolute Gasteiger partial charge is 0.314 e. The van der Waals surface area contributed by atoms with Crippen molar-refractivity contribution in [2.45, 2.75) is 72.4 Å². The lowest BCUT2D eigenvalue weighted by molar-refractivity contribution is -0.163. The monoisotopic (exact) mass is 331 g/mol. The van der Waals surface area contributed by atoms with E-state index >= 15 is 0 Å². The average molecular weight is 331 g/mol. The van der Waals surface area contributed by atoms with Gasteiger partial charge in [-0.15, -0.1) is 0 Å². The molecule has 0 radical (unpaired) electrons. The van der Waals surface area contributed by atoms with Gasteiger partial charge in [-0.05, 0) is 54.9 Å². The Kier molecular flexibility index (Phi) is 7.41. The van der Waals surface area contributed by atoms with Crippen molar-refractivity contribution in [1.82, 2.24) is 0 Å². The maximum Gasteiger partial charge on any atom is 0.314 e. The van der Waals surface area contributed by atoms with Crippen molar-refractivity contribution in [3.8, 4) is 0 Å². The molecule has 5 nitrogen and oxygen atoms in total. The first-order valence-electron chi connectivity index (χ1n) is 7.67. The zero-order chi connectivity index (χ0) is 18.6. The molecular weight excluding hydrogens is 301 g/mol. The zero-order valence-electron chi connectivity index (χ0n) is 15.2. The summed E-state index contributed by atoms with van der Waals surface area (Å²) in [5.74, 6) is -3.09. The second-order valence-corrected chi connectivity index (χ2v) is 7.70. The van der Waals surface area contributed by atoms with Gasteiger partial charge in [-0.3, -0.25) is 9.59 Å². The molecule has 0 saturated heterocycles. The van der Waals surface area contributed by atoms with E-state index in [2.05, 4.69) is 6.58 Å². The molecule has 0 saturated carbocycles.